The molecule has 0 N–H and O–H groups in total. The zero-order chi connectivity index (χ0) is 19.0. The van der Waals surface area contributed by atoms with Gasteiger partial charge in [0.15, 0.2) is 0 Å². The second-order valence-corrected chi connectivity index (χ2v) is 8.59. The summed E-state index contributed by atoms with van der Waals surface area (Å²) < 4.78 is 26.0. The number of allylic oxidation sites excluding steroid dienone is 1. The van der Waals surface area contributed by atoms with Gasteiger partial charge in [0, 0.05) is 39.1 Å². The monoisotopic (exact) mass is 358 g/mol. The molecule has 0 aromatic heterocycles. The first kappa shape index (κ1) is 22.4. The Labute approximate surface area is 154 Å². The molecule has 1 aliphatic carbocycles. The SMILES string of the molecule is C=C(N1CCN(C(C)C)CC1)C(C)(F)F.CC(C)CC1CCCCC1. The van der Waals surface area contributed by atoms with Crippen LogP contribution in [-0.2, 0) is 0 Å². The van der Waals surface area contributed by atoms with Crippen LogP contribution in [0.4, 0.5) is 8.78 Å². The molecule has 148 valence electrons. The van der Waals surface area contributed by atoms with Crippen molar-refractivity contribution < 1.29 is 8.78 Å². The molecular weight excluding hydrogens is 318 g/mol. The zero-order valence-corrected chi connectivity index (χ0v) is 17.2. The van der Waals surface area contributed by atoms with Gasteiger partial charge in [0.25, 0.3) is 5.92 Å². The number of nitrogens with zero attached hydrogens (tertiary/aromatic N) is 2. The van der Waals surface area contributed by atoms with Gasteiger partial charge in [-0.2, -0.15) is 0 Å². The molecule has 0 radical (unpaired) electrons. The summed E-state index contributed by atoms with van der Waals surface area (Å²) in [4.78, 5) is 3.98. The predicted molar refractivity (Wildman–Crippen MR) is 104 cm³/mol. The standard InChI is InChI=1S/C11H20F2N2.C10H20/c1-9(2)14-5-7-15(8-6-14)10(3)11(4,12)13;1-9(2)8-10-6-4-3-5-7-10/h9H,3,5-8H2,1-2,4H3;9-10H,3-8H2,1-2H3. The van der Waals surface area contributed by atoms with Crippen molar-refractivity contribution in [2.45, 2.75) is 85.1 Å². The smallest absolute Gasteiger partial charge is 0.284 e. The van der Waals surface area contributed by atoms with Gasteiger partial charge in [0.1, 0.15) is 0 Å². The van der Waals surface area contributed by atoms with E-state index >= 15 is 0 Å². The first-order valence-corrected chi connectivity index (χ1v) is 10.2. The fourth-order valence-electron chi connectivity index (χ4n) is 3.88. The van der Waals surface area contributed by atoms with Crippen LogP contribution in [0.5, 0.6) is 0 Å². The van der Waals surface area contributed by atoms with Crippen LogP contribution in [-0.4, -0.2) is 47.9 Å². The highest BCUT2D eigenvalue weighted by Gasteiger charge is 2.32. The lowest BCUT2D eigenvalue weighted by atomic mass is 9.84. The molecule has 1 saturated carbocycles. The molecule has 0 aromatic rings. The van der Waals surface area contributed by atoms with Gasteiger partial charge in [-0.15, -0.1) is 0 Å². The van der Waals surface area contributed by atoms with E-state index in [1.807, 2.05) is 0 Å². The Balaban J connectivity index is 0.000000271. The molecule has 25 heavy (non-hydrogen) atoms. The first-order valence-electron chi connectivity index (χ1n) is 10.2. The molecule has 0 aromatic carbocycles. The van der Waals surface area contributed by atoms with Crippen molar-refractivity contribution in [3.05, 3.63) is 12.3 Å². The fourth-order valence-corrected chi connectivity index (χ4v) is 3.88. The largest absolute Gasteiger partial charge is 0.368 e. The van der Waals surface area contributed by atoms with Crippen LogP contribution in [0.1, 0.15) is 73.1 Å². The summed E-state index contributed by atoms with van der Waals surface area (Å²) in [6, 6.07) is 0.488. The van der Waals surface area contributed by atoms with Gasteiger partial charge >= 0.3 is 0 Å². The fraction of sp³-hybridized carbons (Fsp3) is 0.905. The van der Waals surface area contributed by atoms with E-state index in [0.717, 1.165) is 31.8 Å². The molecule has 0 unspecified atom stereocenters. The van der Waals surface area contributed by atoms with E-state index in [-0.39, 0.29) is 5.70 Å². The van der Waals surface area contributed by atoms with E-state index in [0.29, 0.717) is 19.1 Å². The van der Waals surface area contributed by atoms with Crippen molar-refractivity contribution >= 4 is 0 Å². The third-order valence-electron chi connectivity index (χ3n) is 5.46. The Morgan fingerprint density at radius 1 is 1.00 bits per heavy atom. The second kappa shape index (κ2) is 10.5. The van der Waals surface area contributed by atoms with Gasteiger partial charge in [0.2, 0.25) is 0 Å². The maximum absolute atomic E-state index is 13.0. The van der Waals surface area contributed by atoms with E-state index < -0.39 is 5.92 Å². The summed E-state index contributed by atoms with van der Waals surface area (Å²) in [6.45, 7) is 16.3. The van der Waals surface area contributed by atoms with Crippen LogP contribution in [0.3, 0.4) is 0 Å². The first-order chi connectivity index (χ1) is 11.6. The Bertz CT molecular complexity index is 374. The molecular formula is C21H40F2N2. The van der Waals surface area contributed by atoms with Gasteiger partial charge in [-0.25, -0.2) is 8.78 Å². The Morgan fingerprint density at radius 2 is 1.52 bits per heavy atom. The number of hydrogen-bond acceptors (Lipinski definition) is 2. The lowest BCUT2D eigenvalue weighted by Crippen LogP contribution is -2.49. The predicted octanol–water partition coefficient (Wildman–Crippen LogP) is 5.79. The number of alkyl halides is 2. The van der Waals surface area contributed by atoms with Gasteiger partial charge in [-0.3, -0.25) is 4.90 Å². The highest BCUT2D eigenvalue weighted by atomic mass is 19.3. The van der Waals surface area contributed by atoms with Crippen LogP contribution in [0.15, 0.2) is 12.3 Å². The minimum absolute atomic E-state index is 0.0501. The number of rotatable bonds is 5. The van der Waals surface area contributed by atoms with Crippen LogP contribution in [0.2, 0.25) is 0 Å². The lowest BCUT2D eigenvalue weighted by Gasteiger charge is -2.39. The maximum Gasteiger partial charge on any atom is 0.284 e. The van der Waals surface area contributed by atoms with Crippen molar-refractivity contribution in [3.63, 3.8) is 0 Å². The van der Waals surface area contributed by atoms with Gasteiger partial charge in [-0.1, -0.05) is 52.5 Å². The van der Waals surface area contributed by atoms with Gasteiger partial charge < -0.3 is 4.90 Å². The third kappa shape index (κ3) is 8.52. The molecule has 1 saturated heterocycles. The Kier molecular flexibility index (Phi) is 9.40. The quantitative estimate of drug-likeness (QED) is 0.613. The average molecular weight is 359 g/mol. The topological polar surface area (TPSA) is 6.48 Å². The number of hydrogen-bond donors (Lipinski definition) is 0. The molecule has 0 amide bonds. The molecule has 4 heteroatoms. The van der Waals surface area contributed by atoms with E-state index in [1.54, 1.807) is 4.90 Å². The molecule has 2 rings (SSSR count). The maximum atomic E-state index is 13.0. The second-order valence-electron chi connectivity index (χ2n) is 8.59. The molecule has 2 nitrogen and oxygen atoms in total. The normalized spacial score (nSPS) is 20.6. The van der Waals surface area contributed by atoms with Crippen LogP contribution in [0.25, 0.3) is 0 Å². The molecule has 2 aliphatic rings. The van der Waals surface area contributed by atoms with Crippen molar-refractivity contribution in [2.24, 2.45) is 11.8 Å². The van der Waals surface area contributed by atoms with E-state index in [2.05, 4.69) is 39.2 Å². The molecule has 1 aliphatic heterocycles. The summed E-state index contributed by atoms with van der Waals surface area (Å²) in [5.41, 5.74) is -0.0501. The average Bonchev–Trinajstić information content (AvgIpc) is 2.54. The van der Waals surface area contributed by atoms with E-state index in [9.17, 15) is 8.78 Å². The summed E-state index contributed by atoms with van der Waals surface area (Å²) in [5, 5.41) is 0. The summed E-state index contributed by atoms with van der Waals surface area (Å²) in [5.74, 6) is -0.795. The number of halogens is 2. The van der Waals surface area contributed by atoms with Crippen molar-refractivity contribution in [3.8, 4) is 0 Å². The minimum atomic E-state index is -2.79. The number of piperazine rings is 1. The van der Waals surface area contributed by atoms with Crippen molar-refractivity contribution in [1.82, 2.24) is 9.80 Å². The highest BCUT2D eigenvalue weighted by Crippen LogP contribution is 2.28. The van der Waals surface area contributed by atoms with E-state index in [4.69, 9.17) is 0 Å². The lowest BCUT2D eigenvalue weighted by molar-refractivity contribution is 0.0164. The molecule has 0 spiro atoms. The summed E-state index contributed by atoms with van der Waals surface area (Å²) in [6.07, 6.45) is 8.99. The van der Waals surface area contributed by atoms with Crippen molar-refractivity contribution in [1.29, 1.82) is 0 Å². The minimum Gasteiger partial charge on any atom is -0.368 e. The molecule has 2 fully saturated rings. The van der Waals surface area contributed by atoms with Crippen molar-refractivity contribution in [2.75, 3.05) is 26.2 Å². The Morgan fingerprint density at radius 3 is 1.92 bits per heavy atom. The zero-order valence-electron chi connectivity index (χ0n) is 17.2. The third-order valence-corrected chi connectivity index (χ3v) is 5.46. The van der Waals surface area contributed by atoms with Gasteiger partial charge in [0.05, 0.1) is 5.70 Å². The highest BCUT2D eigenvalue weighted by molar-refractivity contribution is 5.05. The van der Waals surface area contributed by atoms with E-state index in [1.165, 1.54) is 38.5 Å². The van der Waals surface area contributed by atoms with Crippen LogP contribution >= 0.6 is 0 Å². The van der Waals surface area contributed by atoms with Crippen LogP contribution < -0.4 is 0 Å². The van der Waals surface area contributed by atoms with Gasteiger partial charge in [-0.05, 0) is 32.1 Å². The summed E-state index contributed by atoms with van der Waals surface area (Å²) in [7, 11) is 0. The van der Waals surface area contributed by atoms with Crippen LogP contribution in [0, 0.1) is 11.8 Å². The molecule has 0 atom stereocenters. The molecule has 1 heterocycles. The summed E-state index contributed by atoms with van der Waals surface area (Å²) >= 11 is 0. The molecule has 0 bridgehead atoms. The Hall–Kier alpha value is -0.640.